The zero-order valence-corrected chi connectivity index (χ0v) is 15.3. The monoisotopic (exact) mass is 382 g/mol. The topological polar surface area (TPSA) is 58.2 Å². The molecule has 2 N–H and O–H groups in total. The number of aryl methyl sites for hydroxylation is 1. The molecule has 0 atom stereocenters. The molecule has 0 fully saturated rings. The molecule has 0 bridgehead atoms. The standard InChI is InChI=1S/C17H16Cl2N2O2S/c1-11-4-2-3-5-13(11)17(23)21-20-16(22)10-24-9-12-6-7-14(18)15(19)8-12/h2-8H,9-10H2,1H3,(H,20,22)(H,21,23). The van der Waals surface area contributed by atoms with E-state index in [1.807, 2.05) is 25.1 Å². The highest BCUT2D eigenvalue weighted by molar-refractivity contribution is 7.99. The number of halogens is 2. The Hall–Kier alpha value is -1.69. The van der Waals surface area contributed by atoms with Crippen LogP contribution in [0.5, 0.6) is 0 Å². The maximum absolute atomic E-state index is 12.0. The summed E-state index contributed by atoms with van der Waals surface area (Å²) >= 11 is 13.2. The van der Waals surface area contributed by atoms with Gasteiger partial charge in [-0.1, -0.05) is 47.5 Å². The van der Waals surface area contributed by atoms with E-state index in [-0.39, 0.29) is 17.6 Å². The molecule has 2 aromatic carbocycles. The van der Waals surface area contributed by atoms with Crippen molar-refractivity contribution in [2.45, 2.75) is 12.7 Å². The van der Waals surface area contributed by atoms with Gasteiger partial charge in [0.15, 0.2) is 0 Å². The Bertz CT molecular complexity index is 753. The molecule has 0 radical (unpaired) electrons. The second-order valence-corrected chi connectivity index (χ2v) is 6.86. The Kier molecular flexibility index (Phi) is 6.97. The number of carbonyl (C=O) groups is 2. The summed E-state index contributed by atoms with van der Waals surface area (Å²) in [7, 11) is 0. The minimum absolute atomic E-state index is 0.217. The van der Waals surface area contributed by atoms with Crippen molar-refractivity contribution < 1.29 is 9.59 Å². The summed E-state index contributed by atoms with van der Waals surface area (Å²) in [5, 5.41) is 0.992. The predicted molar refractivity (Wildman–Crippen MR) is 99.4 cm³/mol. The van der Waals surface area contributed by atoms with E-state index in [0.29, 0.717) is 21.4 Å². The van der Waals surface area contributed by atoms with E-state index in [1.165, 1.54) is 11.8 Å². The highest BCUT2D eigenvalue weighted by Crippen LogP contribution is 2.24. The zero-order chi connectivity index (χ0) is 17.5. The van der Waals surface area contributed by atoms with Gasteiger partial charge in [0.05, 0.1) is 15.8 Å². The van der Waals surface area contributed by atoms with Crippen LogP contribution >= 0.6 is 35.0 Å². The third-order valence-corrected chi connectivity index (χ3v) is 4.93. The maximum atomic E-state index is 12.0. The molecule has 24 heavy (non-hydrogen) atoms. The minimum Gasteiger partial charge on any atom is -0.272 e. The number of hydrogen-bond acceptors (Lipinski definition) is 3. The molecule has 0 heterocycles. The van der Waals surface area contributed by atoms with Crippen molar-refractivity contribution in [1.29, 1.82) is 0 Å². The average Bonchev–Trinajstić information content (AvgIpc) is 2.56. The number of nitrogens with one attached hydrogen (secondary N) is 2. The minimum atomic E-state index is -0.337. The summed E-state index contributed by atoms with van der Waals surface area (Å²) in [5.74, 6) is 0.225. The van der Waals surface area contributed by atoms with Crippen molar-refractivity contribution in [3.8, 4) is 0 Å². The molecule has 2 aromatic rings. The van der Waals surface area contributed by atoms with Crippen molar-refractivity contribution >= 4 is 46.8 Å². The molecule has 0 aliphatic heterocycles. The van der Waals surface area contributed by atoms with Gasteiger partial charge in [0.2, 0.25) is 5.91 Å². The number of rotatable bonds is 5. The molecule has 0 aromatic heterocycles. The molecule has 0 spiro atoms. The van der Waals surface area contributed by atoms with Crippen molar-refractivity contribution in [1.82, 2.24) is 10.9 Å². The first-order valence-corrected chi connectivity index (χ1v) is 9.05. The summed E-state index contributed by atoms with van der Waals surface area (Å²) in [4.78, 5) is 23.8. The largest absolute Gasteiger partial charge is 0.272 e. The smallest absolute Gasteiger partial charge is 0.269 e. The summed E-state index contributed by atoms with van der Waals surface area (Å²) in [6, 6.07) is 12.5. The maximum Gasteiger partial charge on any atom is 0.269 e. The molecule has 2 amide bonds. The fraction of sp³-hybridized carbons (Fsp3) is 0.176. The molecule has 0 aliphatic carbocycles. The van der Waals surface area contributed by atoms with Crippen LogP contribution in [0.2, 0.25) is 10.0 Å². The first-order chi connectivity index (χ1) is 11.5. The van der Waals surface area contributed by atoms with Gasteiger partial charge in [-0.15, -0.1) is 11.8 Å². The zero-order valence-electron chi connectivity index (χ0n) is 12.9. The Labute approximate surface area is 154 Å². The Balaban J connectivity index is 1.74. The van der Waals surface area contributed by atoms with Crippen LogP contribution in [0.25, 0.3) is 0 Å². The van der Waals surface area contributed by atoms with Gasteiger partial charge in [-0.05, 0) is 36.2 Å². The number of benzene rings is 2. The molecule has 0 unspecified atom stereocenters. The van der Waals surface area contributed by atoms with Crippen LogP contribution in [0.4, 0.5) is 0 Å². The highest BCUT2D eigenvalue weighted by Gasteiger charge is 2.09. The third kappa shape index (κ3) is 5.44. The van der Waals surface area contributed by atoms with Crippen LogP contribution in [-0.4, -0.2) is 17.6 Å². The van der Waals surface area contributed by atoms with Gasteiger partial charge in [0.25, 0.3) is 5.91 Å². The molecule has 0 saturated carbocycles. The number of hydrogen-bond donors (Lipinski definition) is 2. The fourth-order valence-electron chi connectivity index (χ4n) is 1.95. The number of carbonyl (C=O) groups excluding carboxylic acids is 2. The average molecular weight is 383 g/mol. The Morgan fingerprint density at radius 1 is 1.04 bits per heavy atom. The second-order valence-electron chi connectivity index (χ2n) is 5.06. The predicted octanol–water partition coefficient (Wildman–Crippen LogP) is 4.00. The Morgan fingerprint density at radius 2 is 1.79 bits per heavy atom. The fourth-order valence-corrected chi connectivity index (χ4v) is 3.04. The summed E-state index contributed by atoms with van der Waals surface area (Å²) in [6.45, 7) is 1.84. The lowest BCUT2D eigenvalue weighted by Crippen LogP contribution is -2.42. The molecule has 126 valence electrons. The highest BCUT2D eigenvalue weighted by atomic mass is 35.5. The number of hydrazine groups is 1. The van der Waals surface area contributed by atoms with Crippen LogP contribution in [0.15, 0.2) is 42.5 Å². The second kappa shape index (κ2) is 8.97. The van der Waals surface area contributed by atoms with Gasteiger partial charge in [-0.3, -0.25) is 20.4 Å². The van der Waals surface area contributed by atoms with Gasteiger partial charge in [0.1, 0.15) is 0 Å². The molecule has 4 nitrogen and oxygen atoms in total. The third-order valence-electron chi connectivity index (χ3n) is 3.19. The van der Waals surface area contributed by atoms with E-state index >= 15 is 0 Å². The van der Waals surface area contributed by atoms with E-state index in [1.54, 1.807) is 24.3 Å². The van der Waals surface area contributed by atoms with Gasteiger partial charge in [0, 0.05) is 11.3 Å². The number of thioether (sulfide) groups is 1. The van der Waals surface area contributed by atoms with Crippen LogP contribution < -0.4 is 10.9 Å². The lowest BCUT2D eigenvalue weighted by Gasteiger charge is -2.09. The SMILES string of the molecule is Cc1ccccc1C(=O)NNC(=O)CSCc1ccc(Cl)c(Cl)c1. The van der Waals surface area contributed by atoms with Crippen molar-refractivity contribution in [3.63, 3.8) is 0 Å². The first kappa shape index (κ1) is 18.6. The molecule has 0 saturated heterocycles. The van der Waals surface area contributed by atoms with Crippen molar-refractivity contribution in [3.05, 3.63) is 69.2 Å². The van der Waals surface area contributed by atoms with E-state index in [2.05, 4.69) is 10.9 Å². The van der Waals surface area contributed by atoms with Crippen molar-refractivity contribution in [2.75, 3.05) is 5.75 Å². The normalized spacial score (nSPS) is 10.3. The summed E-state index contributed by atoms with van der Waals surface area (Å²) < 4.78 is 0. The first-order valence-electron chi connectivity index (χ1n) is 7.14. The van der Waals surface area contributed by atoms with E-state index in [4.69, 9.17) is 23.2 Å². The van der Waals surface area contributed by atoms with E-state index in [0.717, 1.165) is 11.1 Å². The van der Waals surface area contributed by atoms with E-state index in [9.17, 15) is 9.59 Å². The van der Waals surface area contributed by atoms with Crippen LogP contribution in [0.3, 0.4) is 0 Å². The number of amides is 2. The van der Waals surface area contributed by atoms with Crippen LogP contribution in [-0.2, 0) is 10.5 Å². The molecule has 2 rings (SSSR count). The lowest BCUT2D eigenvalue weighted by molar-refractivity contribution is -0.119. The Morgan fingerprint density at radius 3 is 2.50 bits per heavy atom. The van der Waals surface area contributed by atoms with Gasteiger partial charge >= 0.3 is 0 Å². The van der Waals surface area contributed by atoms with Gasteiger partial charge in [-0.25, -0.2) is 0 Å². The summed E-state index contributed by atoms with van der Waals surface area (Å²) in [6.07, 6.45) is 0. The molecular weight excluding hydrogens is 367 g/mol. The van der Waals surface area contributed by atoms with Gasteiger partial charge < -0.3 is 0 Å². The molecule has 7 heteroatoms. The van der Waals surface area contributed by atoms with Crippen LogP contribution in [0.1, 0.15) is 21.5 Å². The summed E-state index contributed by atoms with van der Waals surface area (Å²) in [5.41, 5.74) is 7.18. The van der Waals surface area contributed by atoms with Gasteiger partial charge in [-0.2, -0.15) is 0 Å². The van der Waals surface area contributed by atoms with E-state index < -0.39 is 0 Å². The van der Waals surface area contributed by atoms with Crippen LogP contribution in [0, 0.1) is 6.92 Å². The van der Waals surface area contributed by atoms with Crippen molar-refractivity contribution in [2.24, 2.45) is 0 Å². The quantitative estimate of drug-likeness (QED) is 0.768. The molecule has 0 aliphatic rings. The molecular formula is C17H16Cl2N2O2S. The lowest BCUT2D eigenvalue weighted by atomic mass is 10.1.